The predicted octanol–water partition coefficient (Wildman–Crippen LogP) is 0.814. The van der Waals surface area contributed by atoms with Crippen LogP contribution in [-0.2, 0) is 19.2 Å². The second-order valence-corrected chi connectivity index (χ2v) is 9.82. The van der Waals surface area contributed by atoms with E-state index in [1.165, 1.54) is 16.7 Å². The molecule has 0 aromatic heterocycles. The fourth-order valence-corrected chi connectivity index (χ4v) is 3.99. The van der Waals surface area contributed by atoms with Crippen LogP contribution in [0.15, 0.2) is 0 Å². The molecule has 5 N–H and O–H groups in total. The number of nitrogens with zero attached hydrogens (tertiary/aromatic N) is 1. The number of rotatable bonds is 12. The number of thioether (sulfide) groups is 1. The average Bonchev–Trinajstić information content (AvgIpc) is 3.18. The highest BCUT2D eigenvalue weighted by atomic mass is 32.2. The third-order valence-electron chi connectivity index (χ3n) is 5.41. The first kappa shape index (κ1) is 27.2. The van der Waals surface area contributed by atoms with Crippen molar-refractivity contribution >= 4 is 35.5 Å². The molecule has 0 aromatic rings. The molecular formula is C21H38N4O5S. The van der Waals surface area contributed by atoms with E-state index in [0.29, 0.717) is 38.0 Å². The molecule has 0 aromatic carbocycles. The summed E-state index contributed by atoms with van der Waals surface area (Å²) in [6.07, 6.45) is 3.73. The molecule has 4 unspecified atom stereocenters. The van der Waals surface area contributed by atoms with Crippen LogP contribution in [-0.4, -0.2) is 76.4 Å². The summed E-state index contributed by atoms with van der Waals surface area (Å²) in [5.41, 5.74) is 5.99. The van der Waals surface area contributed by atoms with E-state index in [1.807, 2.05) is 34.0 Å². The molecule has 1 fully saturated rings. The zero-order chi connectivity index (χ0) is 23.7. The van der Waals surface area contributed by atoms with Crippen molar-refractivity contribution in [2.45, 2.75) is 77.5 Å². The number of nitrogens with two attached hydrogens (primary N) is 1. The Kier molecular flexibility index (Phi) is 11.3. The summed E-state index contributed by atoms with van der Waals surface area (Å²) < 4.78 is 0. The van der Waals surface area contributed by atoms with Gasteiger partial charge in [0.2, 0.25) is 17.7 Å². The Morgan fingerprint density at radius 3 is 2.29 bits per heavy atom. The lowest BCUT2D eigenvalue weighted by Crippen LogP contribution is -2.57. The second-order valence-electron chi connectivity index (χ2n) is 8.83. The molecule has 0 saturated carbocycles. The maximum Gasteiger partial charge on any atom is 0.326 e. The summed E-state index contributed by atoms with van der Waals surface area (Å²) in [5, 5.41) is 14.7. The molecule has 0 aliphatic carbocycles. The zero-order valence-electron chi connectivity index (χ0n) is 19.2. The predicted molar refractivity (Wildman–Crippen MR) is 121 cm³/mol. The normalized spacial score (nSPS) is 19.2. The first-order valence-electron chi connectivity index (χ1n) is 10.9. The summed E-state index contributed by atoms with van der Waals surface area (Å²) in [5.74, 6) is -1.64. The van der Waals surface area contributed by atoms with E-state index in [-0.39, 0.29) is 17.7 Å². The summed E-state index contributed by atoms with van der Waals surface area (Å²) in [6.45, 7) is 7.92. The van der Waals surface area contributed by atoms with E-state index >= 15 is 0 Å². The monoisotopic (exact) mass is 458 g/mol. The third kappa shape index (κ3) is 8.33. The molecule has 10 heteroatoms. The molecule has 1 saturated heterocycles. The van der Waals surface area contributed by atoms with Gasteiger partial charge in [-0.05, 0) is 49.5 Å². The summed E-state index contributed by atoms with van der Waals surface area (Å²) >= 11 is 1.53. The fraction of sp³-hybridized carbons (Fsp3) is 0.810. The van der Waals surface area contributed by atoms with E-state index in [1.54, 1.807) is 0 Å². The number of carbonyl (C=O) groups is 4. The van der Waals surface area contributed by atoms with E-state index in [0.717, 1.165) is 0 Å². The quantitative estimate of drug-likeness (QED) is 0.339. The number of hydrogen-bond donors (Lipinski definition) is 4. The molecular weight excluding hydrogens is 420 g/mol. The first-order valence-corrected chi connectivity index (χ1v) is 12.3. The van der Waals surface area contributed by atoms with Crippen LogP contribution in [0, 0.1) is 11.8 Å². The molecule has 31 heavy (non-hydrogen) atoms. The van der Waals surface area contributed by atoms with Gasteiger partial charge in [-0.1, -0.05) is 27.7 Å². The smallest absolute Gasteiger partial charge is 0.326 e. The van der Waals surface area contributed by atoms with Gasteiger partial charge in [0.15, 0.2) is 0 Å². The van der Waals surface area contributed by atoms with Gasteiger partial charge in [0.25, 0.3) is 0 Å². The summed E-state index contributed by atoms with van der Waals surface area (Å²) in [7, 11) is 0. The van der Waals surface area contributed by atoms with Crippen LogP contribution in [0.2, 0.25) is 0 Å². The molecule has 1 aliphatic rings. The Morgan fingerprint density at radius 2 is 1.77 bits per heavy atom. The summed E-state index contributed by atoms with van der Waals surface area (Å²) in [6, 6.07) is -3.25. The van der Waals surface area contributed by atoms with Crippen molar-refractivity contribution in [2.75, 3.05) is 18.6 Å². The number of carboxylic acids is 1. The first-order chi connectivity index (χ1) is 14.5. The van der Waals surface area contributed by atoms with Gasteiger partial charge in [-0.2, -0.15) is 11.8 Å². The minimum Gasteiger partial charge on any atom is -0.480 e. The lowest BCUT2D eigenvalue weighted by atomic mass is 10.0. The van der Waals surface area contributed by atoms with Gasteiger partial charge in [-0.25, -0.2) is 4.79 Å². The van der Waals surface area contributed by atoms with Gasteiger partial charge in [-0.15, -0.1) is 0 Å². The Hall–Kier alpha value is -1.81. The molecule has 4 atom stereocenters. The van der Waals surface area contributed by atoms with Crippen molar-refractivity contribution in [3.8, 4) is 0 Å². The van der Waals surface area contributed by atoms with E-state index < -0.39 is 42.0 Å². The molecule has 1 rings (SSSR count). The number of carbonyl (C=O) groups excluding carboxylic acids is 3. The van der Waals surface area contributed by atoms with Crippen LogP contribution >= 0.6 is 11.8 Å². The van der Waals surface area contributed by atoms with Crippen molar-refractivity contribution in [3.63, 3.8) is 0 Å². The molecule has 1 heterocycles. The lowest BCUT2D eigenvalue weighted by molar-refractivity contribution is -0.143. The maximum atomic E-state index is 13.0. The van der Waals surface area contributed by atoms with E-state index in [2.05, 4.69) is 10.6 Å². The minimum absolute atomic E-state index is 0.0502. The van der Waals surface area contributed by atoms with Crippen LogP contribution in [0.25, 0.3) is 0 Å². The highest BCUT2D eigenvalue weighted by Crippen LogP contribution is 2.20. The fourth-order valence-electron chi connectivity index (χ4n) is 3.52. The maximum absolute atomic E-state index is 13.0. The minimum atomic E-state index is -1.10. The molecule has 0 spiro atoms. The van der Waals surface area contributed by atoms with Gasteiger partial charge in [0.05, 0.1) is 6.04 Å². The topological polar surface area (TPSA) is 142 Å². The van der Waals surface area contributed by atoms with Crippen LogP contribution in [0.5, 0.6) is 0 Å². The Balaban J connectivity index is 2.90. The Morgan fingerprint density at radius 1 is 1.13 bits per heavy atom. The van der Waals surface area contributed by atoms with Crippen LogP contribution < -0.4 is 16.4 Å². The van der Waals surface area contributed by atoms with Gasteiger partial charge in [0.1, 0.15) is 18.1 Å². The van der Waals surface area contributed by atoms with Gasteiger partial charge >= 0.3 is 5.97 Å². The largest absolute Gasteiger partial charge is 0.480 e. The molecule has 1 aliphatic heterocycles. The second kappa shape index (κ2) is 12.9. The SMILES string of the molecule is CSCCC(NC(=O)C1CCCN1C(=O)C(N)C(C)C)C(=O)NC(CC(C)C)C(=O)O. The highest BCUT2D eigenvalue weighted by molar-refractivity contribution is 7.98. The Labute approximate surface area is 189 Å². The number of likely N-dealkylation sites (tertiary alicyclic amines) is 1. The number of hydrogen-bond acceptors (Lipinski definition) is 6. The standard InChI is InChI=1S/C21H38N4O5S/c1-12(2)11-15(21(29)30)24-18(26)14(8-10-31-5)23-19(27)16-7-6-9-25(16)20(28)17(22)13(3)4/h12-17H,6-11,22H2,1-5H3,(H,23,27)(H,24,26)(H,29,30). The summed E-state index contributed by atoms with van der Waals surface area (Å²) in [4.78, 5) is 51.5. The van der Waals surface area contributed by atoms with Crippen LogP contribution in [0.1, 0.15) is 53.4 Å². The van der Waals surface area contributed by atoms with Crippen molar-refractivity contribution in [2.24, 2.45) is 17.6 Å². The number of nitrogens with one attached hydrogen (secondary N) is 2. The molecule has 9 nitrogen and oxygen atoms in total. The lowest BCUT2D eigenvalue weighted by Gasteiger charge is -2.29. The molecule has 178 valence electrons. The van der Waals surface area contributed by atoms with Gasteiger partial charge in [-0.3, -0.25) is 14.4 Å². The zero-order valence-corrected chi connectivity index (χ0v) is 20.0. The highest BCUT2D eigenvalue weighted by Gasteiger charge is 2.38. The van der Waals surface area contributed by atoms with Crippen molar-refractivity contribution in [3.05, 3.63) is 0 Å². The van der Waals surface area contributed by atoms with Crippen molar-refractivity contribution in [1.29, 1.82) is 0 Å². The molecule has 3 amide bonds. The van der Waals surface area contributed by atoms with Crippen molar-refractivity contribution in [1.82, 2.24) is 15.5 Å². The third-order valence-corrected chi connectivity index (χ3v) is 6.05. The Bertz CT molecular complexity index is 643. The molecule has 0 radical (unpaired) electrons. The van der Waals surface area contributed by atoms with Crippen LogP contribution in [0.3, 0.4) is 0 Å². The average molecular weight is 459 g/mol. The number of amides is 3. The van der Waals surface area contributed by atoms with E-state index in [9.17, 15) is 24.3 Å². The number of carboxylic acid groups (broad SMARTS) is 1. The van der Waals surface area contributed by atoms with E-state index in [4.69, 9.17) is 5.73 Å². The van der Waals surface area contributed by atoms with Crippen molar-refractivity contribution < 1.29 is 24.3 Å². The van der Waals surface area contributed by atoms with Gasteiger partial charge < -0.3 is 26.4 Å². The molecule has 0 bridgehead atoms. The van der Waals surface area contributed by atoms with Gasteiger partial charge in [0, 0.05) is 6.54 Å². The van der Waals surface area contributed by atoms with Crippen LogP contribution in [0.4, 0.5) is 0 Å². The number of aliphatic carboxylic acids is 1.